The third kappa shape index (κ3) is 3.69. The van der Waals surface area contributed by atoms with Crippen LogP contribution in [-0.2, 0) is 4.79 Å². The number of hydrogen-bond donors (Lipinski definition) is 2. The normalized spacial score (nSPS) is 17.0. The van der Waals surface area contributed by atoms with E-state index in [4.69, 9.17) is 0 Å². The van der Waals surface area contributed by atoms with E-state index in [2.05, 4.69) is 58.7 Å². The number of nitrogens with zero attached hydrogens (tertiary/aromatic N) is 1. The summed E-state index contributed by atoms with van der Waals surface area (Å²) in [6.07, 6.45) is 4.34. The van der Waals surface area contributed by atoms with Crippen molar-refractivity contribution >= 4 is 22.5 Å². The number of carbonyl (C=O) groups is 1. The molecule has 4 nitrogen and oxygen atoms in total. The monoisotopic (exact) mass is 375 g/mol. The number of likely N-dealkylation sites (tertiary alicyclic amines) is 1. The zero-order chi connectivity index (χ0) is 19.7. The molecule has 0 spiro atoms. The van der Waals surface area contributed by atoms with E-state index in [-0.39, 0.29) is 11.9 Å². The van der Waals surface area contributed by atoms with Gasteiger partial charge >= 0.3 is 0 Å². The number of nitrogens with one attached hydrogen (secondary N) is 2. The number of piperidine rings is 1. The summed E-state index contributed by atoms with van der Waals surface area (Å²) in [6.45, 7) is 8.03. The predicted octanol–water partition coefficient (Wildman–Crippen LogP) is 4.99. The molecule has 1 fully saturated rings. The Morgan fingerprint density at radius 3 is 2.64 bits per heavy atom. The lowest BCUT2D eigenvalue weighted by molar-refractivity contribution is -0.121. The molecular formula is C24H29N3O. The van der Waals surface area contributed by atoms with E-state index in [0.29, 0.717) is 5.92 Å². The average molecular weight is 376 g/mol. The van der Waals surface area contributed by atoms with Crippen LogP contribution in [0.15, 0.2) is 48.7 Å². The second kappa shape index (κ2) is 7.80. The molecule has 1 saturated heterocycles. The van der Waals surface area contributed by atoms with Gasteiger partial charge in [0.25, 0.3) is 0 Å². The first-order valence-corrected chi connectivity index (χ1v) is 10.2. The highest BCUT2D eigenvalue weighted by Gasteiger charge is 2.28. The van der Waals surface area contributed by atoms with E-state index in [1.165, 1.54) is 22.0 Å². The molecule has 1 aromatic heterocycles. The van der Waals surface area contributed by atoms with Crippen LogP contribution in [0.3, 0.4) is 0 Å². The second-order valence-electron chi connectivity index (χ2n) is 8.08. The van der Waals surface area contributed by atoms with E-state index in [9.17, 15) is 4.79 Å². The van der Waals surface area contributed by atoms with E-state index in [1.54, 1.807) is 0 Å². The van der Waals surface area contributed by atoms with Crippen LogP contribution in [0.5, 0.6) is 0 Å². The summed E-state index contributed by atoms with van der Waals surface area (Å²) < 4.78 is 0. The molecule has 1 aliphatic rings. The van der Waals surface area contributed by atoms with Crippen LogP contribution in [0.2, 0.25) is 0 Å². The molecule has 0 radical (unpaired) electrons. The molecule has 146 valence electrons. The maximum atomic E-state index is 12.8. The number of hydrogen-bond acceptors (Lipinski definition) is 2. The fourth-order valence-electron chi connectivity index (χ4n) is 4.39. The summed E-state index contributed by atoms with van der Waals surface area (Å²) in [6, 6.07) is 14.5. The van der Waals surface area contributed by atoms with Crippen molar-refractivity contribution in [1.29, 1.82) is 0 Å². The fraction of sp³-hybridized carbons (Fsp3) is 0.375. The Hall–Kier alpha value is -2.59. The van der Waals surface area contributed by atoms with Gasteiger partial charge in [0.2, 0.25) is 5.91 Å². The molecule has 0 aliphatic carbocycles. The summed E-state index contributed by atoms with van der Waals surface area (Å²) in [7, 11) is 0. The predicted molar refractivity (Wildman–Crippen MR) is 116 cm³/mol. The van der Waals surface area contributed by atoms with Gasteiger partial charge in [0, 0.05) is 22.8 Å². The first-order valence-electron chi connectivity index (χ1n) is 10.2. The van der Waals surface area contributed by atoms with Crippen LogP contribution < -0.4 is 5.32 Å². The van der Waals surface area contributed by atoms with E-state index >= 15 is 0 Å². The molecule has 1 unspecified atom stereocenters. The maximum Gasteiger partial charge on any atom is 0.241 e. The zero-order valence-electron chi connectivity index (χ0n) is 17.0. The van der Waals surface area contributed by atoms with E-state index < -0.39 is 0 Å². The van der Waals surface area contributed by atoms with Gasteiger partial charge in [-0.1, -0.05) is 35.9 Å². The van der Waals surface area contributed by atoms with Crippen LogP contribution in [0.1, 0.15) is 42.4 Å². The smallest absolute Gasteiger partial charge is 0.241 e. The number of fused-ring (bicyclic) bond motifs is 1. The molecule has 3 aromatic rings. The lowest BCUT2D eigenvalue weighted by Crippen LogP contribution is -2.45. The van der Waals surface area contributed by atoms with Crippen molar-refractivity contribution in [3.05, 3.63) is 65.4 Å². The number of aromatic amines is 1. The van der Waals surface area contributed by atoms with Crippen LogP contribution in [-0.4, -0.2) is 34.9 Å². The van der Waals surface area contributed by atoms with Crippen molar-refractivity contribution in [1.82, 2.24) is 9.88 Å². The Bertz CT molecular complexity index is 982. The van der Waals surface area contributed by atoms with E-state index in [1.807, 2.05) is 26.0 Å². The third-order valence-corrected chi connectivity index (χ3v) is 6.16. The standard InChI is InChI=1S/C24H29N3O/c1-16-8-9-22(17(2)14-16)26-24(28)18(3)27-12-10-19(11-13-27)21-15-25-23-7-5-4-6-20(21)23/h4-9,14-15,18-19,25H,10-13H2,1-3H3,(H,26,28). The largest absolute Gasteiger partial charge is 0.361 e. The number of aryl methyl sites for hydroxylation is 2. The molecule has 1 aliphatic heterocycles. The van der Waals surface area contributed by atoms with Gasteiger partial charge < -0.3 is 10.3 Å². The highest BCUT2D eigenvalue weighted by Crippen LogP contribution is 2.33. The lowest BCUT2D eigenvalue weighted by Gasteiger charge is -2.35. The van der Waals surface area contributed by atoms with Gasteiger partial charge in [-0.3, -0.25) is 9.69 Å². The summed E-state index contributed by atoms with van der Waals surface area (Å²) in [5, 5.41) is 4.45. The Balaban J connectivity index is 1.38. The molecule has 4 rings (SSSR count). The number of carbonyl (C=O) groups excluding carboxylic acids is 1. The fourth-order valence-corrected chi connectivity index (χ4v) is 4.39. The first-order chi connectivity index (χ1) is 13.5. The molecule has 4 heteroatoms. The van der Waals surface area contributed by atoms with Crippen molar-refractivity contribution in [2.45, 2.75) is 45.6 Å². The number of H-pyrrole nitrogens is 1. The van der Waals surface area contributed by atoms with Gasteiger partial charge in [-0.25, -0.2) is 0 Å². The zero-order valence-corrected chi connectivity index (χ0v) is 17.0. The Labute approximate surface area is 166 Å². The average Bonchev–Trinajstić information content (AvgIpc) is 3.14. The Kier molecular flexibility index (Phi) is 5.23. The van der Waals surface area contributed by atoms with Gasteiger partial charge in [0.1, 0.15) is 0 Å². The Morgan fingerprint density at radius 1 is 1.14 bits per heavy atom. The topological polar surface area (TPSA) is 48.1 Å². The molecule has 0 saturated carbocycles. The first kappa shape index (κ1) is 18.8. The summed E-state index contributed by atoms with van der Waals surface area (Å²) in [5.41, 5.74) is 5.86. The summed E-state index contributed by atoms with van der Waals surface area (Å²) in [4.78, 5) is 18.5. The van der Waals surface area contributed by atoms with Crippen molar-refractivity contribution in [3.63, 3.8) is 0 Å². The van der Waals surface area contributed by atoms with Crippen molar-refractivity contribution in [3.8, 4) is 0 Å². The van der Waals surface area contributed by atoms with Gasteiger partial charge in [-0.2, -0.15) is 0 Å². The van der Waals surface area contributed by atoms with Crippen LogP contribution in [0, 0.1) is 13.8 Å². The molecule has 2 heterocycles. The van der Waals surface area contributed by atoms with E-state index in [0.717, 1.165) is 37.2 Å². The number of benzene rings is 2. The second-order valence-corrected chi connectivity index (χ2v) is 8.08. The third-order valence-electron chi connectivity index (χ3n) is 6.16. The minimum atomic E-state index is -0.121. The van der Waals surface area contributed by atoms with Gasteiger partial charge in [0.15, 0.2) is 0 Å². The summed E-state index contributed by atoms with van der Waals surface area (Å²) in [5.74, 6) is 0.638. The molecule has 28 heavy (non-hydrogen) atoms. The minimum Gasteiger partial charge on any atom is -0.361 e. The molecule has 2 N–H and O–H groups in total. The van der Waals surface area contributed by atoms with Crippen LogP contribution >= 0.6 is 0 Å². The molecule has 2 aromatic carbocycles. The molecule has 0 bridgehead atoms. The van der Waals surface area contributed by atoms with Crippen molar-refractivity contribution in [2.24, 2.45) is 0 Å². The minimum absolute atomic E-state index is 0.0810. The number of para-hydroxylation sites is 1. The number of aromatic nitrogens is 1. The van der Waals surface area contributed by atoms with Crippen LogP contribution in [0.4, 0.5) is 5.69 Å². The maximum absolute atomic E-state index is 12.8. The molecule has 1 atom stereocenters. The lowest BCUT2D eigenvalue weighted by atomic mass is 9.88. The SMILES string of the molecule is Cc1ccc(NC(=O)C(C)N2CCC(c3c[nH]c4ccccc34)CC2)c(C)c1. The summed E-state index contributed by atoms with van der Waals surface area (Å²) >= 11 is 0. The van der Waals surface area contributed by atoms with Gasteiger partial charge in [-0.05, 0) is 75.9 Å². The quantitative estimate of drug-likeness (QED) is 0.675. The number of anilines is 1. The molecule has 1 amide bonds. The van der Waals surface area contributed by atoms with Crippen LogP contribution in [0.25, 0.3) is 10.9 Å². The van der Waals surface area contributed by atoms with Gasteiger partial charge in [-0.15, -0.1) is 0 Å². The Morgan fingerprint density at radius 2 is 1.89 bits per heavy atom. The number of amides is 1. The van der Waals surface area contributed by atoms with Gasteiger partial charge in [0.05, 0.1) is 6.04 Å². The molecular weight excluding hydrogens is 346 g/mol. The highest BCUT2D eigenvalue weighted by atomic mass is 16.2. The van der Waals surface area contributed by atoms with Crippen molar-refractivity contribution in [2.75, 3.05) is 18.4 Å². The number of rotatable bonds is 4. The highest BCUT2D eigenvalue weighted by molar-refractivity contribution is 5.95. The van der Waals surface area contributed by atoms with Crippen molar-refractivity contribution < 1.29 is 4.79 Å².